The number of H-pyrrole nitrogens is 1. The molecule has 2 atom stereocenters. The minimum atomic E-state index is -0.666. The van der Waals surface area contributed by atoms with E-state index in [0.717, 1.165) is 28.6 Å². The third-order valence-electron chi connectivity index (χ3n) is 7.26. The van der Waals surface area contributed by atoms with Crippen LogP contribution >= 0.6 is 11.6 Å². The van der Waals surface area contributed by atoms with Gasteiger partial charge in [0.15, 0.2) is 0 Å². The molecule has 2 aromatic rings. The number of carbonyl (C=O) groups is 1. The van der Waals surface area contributed by atoms with Crippen LogP contribution in [0.5, 0.6) is 0 Å². The van der Waals surface area contributed by atoms with Gasteiger partial charge in [-0.2, -0.15) is 9.78 Å². The number of aromatic amines is 1. The van der Waals surface area contributed by atoms with Gasteiger partial charge in [0.05, 0.1) is 16.3 Å². The van der Waals surface area contributed by atoms with Crippen molar-refractivity contribution < 1.29 is 4.79 Å². The topological polar surface area (TPSA) is 96.8 Å². The van der Waals surface area contributed by atoms with Gasteiger partial charge in [-0.25, -0.2) is 4.79 Å². The molecule has 1 aromatic carbocycles. The third-order valence-corrected chi connectivity index (χ3v) is 7.59. The number of halogens is 1. The fourth-order valence-electron chi connectivity index (χ4n) is 6.31. The molecular formula is C22H25ClN4O3. The van der Waals surface area contributed by atoms with Gasteiger partial charge in [0, 0.05) is 6.54 Å². The highest BCUT2D eigenvalue weighted by Gasteiger charge is 2.48. The molecule has 4 aliphatic rings. The molecule has 2 unspecified atom stereocenters. The van der Waals surface area contributed by atoms with Gasteiger partial charge in [0.25, 0.3) is 11.5 Å². The molecule has 4 saturated carbocycles. The number of nitrogens with one attached hydrogen (secondary N) is 2. The highest BCUT2D eigenvalue weighted by Crippen LogP contribution is 2.57. The summed E-state index contributed by atoms with van der Waals surface area (Å²) in [5, 5.41) is 7.30. The van der Waals surface area contributed by atoms with Crippen LogP contribution in [-0.2, 0) is 0 Å². The third kappa shape index (κ3) is 3.60. The number of nitrogens with zero attached hydrogens (tertiary/aromatic N) is 2. The molecule has 4 aliphatic carbocycles. The summed E-state index contributed by atoms with van der Waals surface area (Å²) < 4.78 is 1.04. The maximum absolute atomic E-state index is 13.0. The van der Waals surface area contributed by atoms with E-state index in [9.17, 15) is 14.4 Å². The lowest BCUT2D eigenvalue weighted by atomic mass is 9.58. The Hall–Kier alpha value is -2.41. The molecule has 158 valence electrons. The molecule has 0 saturated heterocycles. The van der Waals surface area contributed by atoms with E-state index in [2.05, 4.69) is 15.4 Å². The summed E-state index contributed by atoms with van der Waals surface area (Å²) in [4.78, 5) is 38.5. The summed E-state index contributed by atoms with van der Waals surface area (Å²) in [7, 11) is 0. The molecule has 0 radical (unpaired) electrons. The number of hydrogen-bond donors (Lipinski definition) is 2. The Kier molecular flexibility index (Phi) is 4.81. The van der Waals surface area contributed by atoms with Gasteiger partial charge >= 0.3 is 5.69 Å². The summed E-state index contributed by atoms with van der Waals surface area (Å²) in [5.41, 5.74) is -0.353. The van der Waals surface area contributed by atoms with E-state index in [1.165, 1.54) is 51.0 Å². The van der Waals surface area contributed by atoms with Crippen LogP contribution in [0.2, 0.25) is 5.02 Å². The number of carbonyl (C=O) groups excluding carboxylic acids is 1. The monoisotopic (exact) mass is 428 g/mol. The Bertz CT molecular complexity index is 1090. The molecule has 0 aliphatic heterocycles. The van der Waals surface area contributed by atoms with E-state index in [4.69, 9.17) is 11.6 Å². The Morgan fingerprint density at radius 2 is 1.87 bits per heavy atom. The van der Waals surface area contributed by atoms with Crippen LogP contribution in [0.25, 0.3) is 5.69 Å². The van der Waals surface area contributed by atoms with Gasteiger partial charge in [-0.15, -0.1) is 0 Å². The average Bonchev–Trinajstić information content (AvgIpc) is 2.92. The fraction of sp³-hybridized carbons (Fsp3) is 0.545. The van der Waals surface area contributed by atoms with Gasteiger partial charge in [0.1, 0.15) is 6.20 Å². The predicted octanol–water partition coefficient (Wildman–Crippen LogP) is 2.91. The summed E-state index contributed by atoms with van der Waals surface area (Å²) >= 11 is 6.30. The zero-order valence-electron chi connectivity index (χ0n) is 16.7. The Balaban J connectivity index is 1.36. The second kappa shape index (κ2) is 7.38. The first-order valence-corrected chi connectivity index (χ1v) is 11.1. The molecule has 6 rings (SSSR count). The quantitative estimate of drug-likeness (QED) is 0.782. The first-order valence-electron chi connectivity index (χ1n) is 10.7. The molecule has 0 spiro atoms. The number of fused-ring (bicyclic) bond motifs is 1. The Morgan fingerprint density at radius 3 is 2.57 bits per heavy atom. The van der Waals surface area contributed by atoms with E-state index in [-0.39, 0.29) is 11.3 Å². The van der Waals surface area contributed by atoms with Crippen molar-refractivity contribution in [2.24, 2.45) is 23.2 Å². The lowest BCUT2D eigenvalue weighted by Crippen LogP contribution is -2.45. The molecule has 30 heavy (non-hydrogen) atoms. The van der Waals surface area contributed by atoms with Gasteiger partial charge < -0.3 is 5.32 Å². The summed E-state index contributed by atoms with van der Waals surface area (Å²) in [6.07, 6.45) is 10.1. The van der Waals surface area contributed by atoms with Crippen molar-refractivity contribution >= 4 is 17.5 Å². The van der Waals surface area contributed by atoms with Gasteiger partial charge in [0.2, 0.25) is 0 Å². The number of aromatic nitrogens is 3. The van der Waals surface area contributed by atoms with Crippen LogP contribution in [-0.4, -0.2) is 27.2 Å². The van der Waals surface area contributed by atoms with Gasteiger partial charge in [-0.05, 0) is 73.5 Å². The molecule has 4 fully saturated rings. The predicted molar refractivity (Wildman–Crippen MR) is 113 cm³/mol. The molecule has 8 heteroatoms. The maximum Gasteiger partial charge on any atom is 0.349 e. The average molecular weight is 429 g/mol. The number of benzene rings is 1. The molecule has 1 amide bonds. The van der Waals surface area contributed by atoms with Crippen molar-refractivity contribution in [2.75, 3.05) is 6.54 Å². The zero-order chi connectivity index (χ0) is 20.9. The van der Waals surface area contributed by atoms with Crippen molar-refractivity contribution in [1.82, 2.24) is 20.1 Å². The van der Waals surface area contributed by atoms with Crippen molar-refractivity contribution in [3.63, 3.8) is 0 Å². The van der Waals surface area contributed by atoms with Crippen molar-refractivity contribution in [3.8, 4) is 5.69 Å². The van der Waals surface area contributed by atoms with E-state index in [1.807, 2.05) is 0 Å². The van der Waals surface area contributed by atoms with Crippen molar-refractivity contribution in [3.05, 3.63) is 55.8 Å². The minimum Gasteiger partial charge on any atom is -0.351 e. The Morgan fingerprint density at radius 1 is 1.17 bits per heavy atom. The molecule has 1 aromatic heterocycles. The van der Waals surface area contributed by atoms with E-state index >= 15 is 0 Å². The molecular weight excluding hydrogens is 404 g/mol. The van der Waals surface area contributed by atoms with Crippen LogP contribution < -0.4 is 16.6 Å². The second-order valence-corrected chi connectivity index (χ2v) is 9.86. The van der Waals surface area contributed by atoms with Crippen LogP contribution in [0.4, 0.5) is 0 Å². The lowest BCUT2D eigenvalue weighted by molar-refractivity contribution is 0.0338. The second-order valence-electron chi connectivity index (χ2n) is 9.46. The first-order chi connectivity index (χ1) is 14.4. The van der Waals surface area contributed by atoms with Crippen molar-refractivity contribution in [1.29, 1.82) is 0 Å². The smallest absolute Gasteiger partial charge is 0.349 e. The van der Waals surface area contributed by atoms with Crippen molar-refractivity contribution in [2.45, 2.75) is 44.9 Å². The largest absolute Gasteiger partial charge is 0.351 e. The normalized spacial score (nSPS) is 29.6. The Labute approximate surface area is 178 Å². The summed E-state index contributed by atoms with van der Waals surface area (Å²) in [5.74, 6) is 2.18. The fourth-order valence-corrected chi connectivity index (χ4v) is 6.51. The zero-order valence-corrected chi connectivity index (χ0v) is 17.5. The summed E-state index contributed by atoms with van der Waals surface area (Å²) in [6, 6.07) is 4.70. The first kappa shape index (κ1) is 19.5. The van der Waals surface area contributed by atoms with Gasteiger partial charge in [-0.3, -0.25) is 14.6 Å². The van der Waals surface area contributed by atoms with E-state index in [1.54, 1.807) is 12.1 Å². The number of hydrogen-bond acceptors (Lipinski definition) is 4. The lowest BCUT2D eigenvalue weighted by Gasteiger charge is -2.48. The standard InChI is InChI=1S/C22H25ClN4O3/c23-18-4-3-16(27-21(30)26-19(28)11-25-27)7-17(18)20(29)24-12-22-8-13-1-2-14(9-22)6-15(5-13)10-22/h3-4,7,11,13-15H,1-2,5-6,8-10,12H2,(H,24,29)(H,26,28,30). The van der Waals surface area contributed by atoms with Crippen LogP contribution in [0, 0.1) is 23.2 Å². The number of amides is 1. The highest BCUT2D eigenvalue weighted by atomic mass is 35.5. The highest BCUT2D eigenvalue weighted by molar-refractivity contribution is 6.33. The SMILES string of the molecule is O=C(NCC12CC3CCC(CC(C3)C1)C2)c1cc(-n2ncc(=O)[nH]c2=O)ccc1Cl. The minimum absolute atomic E-state index is 0.212. The maximum atomic E-state index is 13.0. The van der Waals surface area contributed by atoms with Gasteiger partial charge in [-0.1, -0.05) is 24.4 Å². The van der Waals surface area contributed by atoms with E-state index < -0.39 is 11.2 Å². The molecule has 1 heterocycles. The van der Waals surface area contributed by atoms with Crippen LogP contribution in [0.3, 0.4) is 0 Å². The summed E-state index contributed by atoms with van der Waals surface area (Å²) in [6.45, 7) is 0.673. The van der Waals surface area contributed by atoms with Crippen LogP contribution in [0.15, 0.2) is 34.0 Å². The number of rotatable bonds is 4. The van der Waals surface area contributed by atoms with E-state index in [0.29, 0.717) is 22.8 Å². The molecule has 2 N–H and O–H groups in total. The molecule has 4 bridgehead atoms. The van der Waals surface area contributed by atoms with Crippen LogP contribution in [0.1, 0.15) is 55.3 Å². The molecule has 7 nitrogen and oxygen atoms in total.